The van der Waals surface area contributed by atoms with Gasteiger partial charge in [0, 0.05) is 79.3 Å². The molecule has 0 saturated carbocycles. The summed E-state index contributed by atoms with van der Waals surface area (Å²) < 4.78 is 34.5. The molecule has 15 nitrogen and oxygen atoms in total. The smallest absolute Gasteiger partial charge is 0.324 e. The monoisotopic (exact) mass is 866 g/mol. The largest absolute Gasteiger partial charge is 0.464 e. The Labute approximate surface area is 363 Å². The number of aromatic nitrogens is 3. The summed E-state index contributed by atoms with van der Waals surface area (Å²) in [5.74, 6) is -2.76. The molecule has 330 valence electrons. The van der Waals surface area contributed by atoms with Gasteiger partial charge in [0.15, 0.2) is 0 Å². The van der Waals surface area contributed by atoms with Gasteiger partial charge in [0.1, 0.15) is 24.5 Å². The molecule has 0 radical (unpaired) electrons. The van der Waals surface area contributed by atoms with Crippen molar-refractivity contribution in [3.05, 3.63) is 84.3 Å². The van der Waals surface area contributed by atoms with Crippen LogP contribution in [0.5, 0.6) is 0 Å². The molecule has 62 heavy (non-hydrogen) atoms. The lowest BCUT2D eigenvalue weighted by Crippen LogP contribution is -2.62. The third-order valence-electron chi connectivity index (χ3n) is 12.4. The number of hydrazine groups is 1. The molecule has 3 amide bonds. The van der Waals surface area contributed by atoms with Crippen LogP contribution in [0.1, 0.15) is 65.0 Å². The molecule has 5 heterocycles. The number of hydrogen-bond donors (Lipinski definition) is 2. The van der Waals surface area contributed by atoms with Gasteiger partial charge in [0.25, 0.3) is 5.91 Å². The summed E-state index contributed by atoms with van der Waals surface area (Å²) >= 11 is 0. The minimum Gasteiger partial charge on any atom is -0.464 e. The van der Waals surface area contributed by atoms with E-state index in [1.165, 1.54) is 20.5 Å². The lowest BCUT2D eigenvalue weighted by molar-refractivity contribution is -0.155. The molecule has 4 atom stereocenters. The molecule has 2 aromatic heterocycles. The first-order valence-corrected chi connectivity index (χ1v) is 23.0. The summed E-state index contributed by atoms with van der Waals surface area (Å²) in [6, 6.07) is 11.5. The zero-order valence-corrected chi connectivity index (χ0v) is 37.3. The topological polar surface area (TPSA) is 176 Å². The Kier molecular flexibility index (Phi) is 13.0. The number of sulfonamides is 1. The third kappa shape index (κ3) is 9.18. The SMILES string of the molecule is C=CS(=O)(=O)N1CC[C@@H](C(=O)N(C)[C@H](C(=O)N[C@H]2Cc3cccc(c3)-c3ccc4c(c3)c(c(-c3cncnc3)n4CC)CC(C)(C)COC(=O)[C@@H]3CCCN(N3)C2=O)C(C)C)C1. The van der Waals surface area contributed by atoms with Crippen molar-refractivity contribution < 1.29 is 32.3 Å². The number of cyclic esters (lactones) is 1. The first-order valence-electron chi connectivity index (χ1n) is 21.5. The van der Waals surface area contributed by atoms with Crippen molar-refractivity contribution in [1.82, 2.24) is 39.5 Å². The van der Waals surface area contributed by atoms with E-state index in [0.29, 0.717) is 38.8 Å². The summed E-state index contributed by atoms with van der Waals surface area (Å²) in [6.45, 7) is 14.6. The van der Waals surface area contributed by atoms with Crippen molar-refractivity contribution in [2.75, 3.05) is 33.3 Å². The number of esters is 1. The quantitative estimate of drug-likeness (QED) is 0.224. The van der Waals surface area contributed by atoms with Crippen LogP contribution in [-0.2, 0) is 53.3 Å². The third-order valence-corrected chi connectivity index (χ3v) is 13.8. The molecule has 2 fully saturated rings. The summed E-state index contributed by atoms with van der Waals surface area (Å²) in [5, 5.41) is 6.35. The van der Waals surface area contributed by atoms with Crippen molar-refractivity contribution in [2.45, 2.75) is 91.4 Å². The number of rotatable bonds is 9. The number of ether oxygens (including phenoxy) is 1. The van der Waals surface area contributed by atoms with E-state index in [4.69, 9.17) is 4.74 Å². The maximum absolute atomic E-state index is 14.6. The van der Waals surface area contributed by atoms with E-state index in [1.54, 1.807) is 7.05 Å². The first kappa shape index (κ1) is 44.6. The minimum absolute atomic E-state index is 0.00896. The van der Waals surface area contributed by atoms with Gasteiger partial charge in [-0.2, -0.15) is 4.31 Å². The van der Waals surface area contributed by atoms with Gasteiger partial charge in [0.05, 0.1) is 18.2 Å². The highest BCUT2D eigenvalue weighted by molar-refractivity contribution is 7.92. The molecule has 7 rings (SSSR count). The van der Waals surface area contributed by atoms with E-state index in [9.17, 15) is 27.6 Å². The maximum atomic E-state index is 14.6. The van der Waals surface area contributed by atoms with Crippen LogP contribution in [0.2, 0.25) is 0 Å². The van der Waals surface area contributed by atoms with Gasteiger partial charge in [0.2, 0.25) is 21.8 Å². The molecular weight excluding hydrogens is 809 g/mol. The zero-order valence-electron chi connectivity index (χ0n) is 36.5. The average Bonchev–Trinajstić information content (AvgIpc) is 3.88. The van der Waals surface area contributed by atoms with E-state index in [-0.39, 0.29) is 37.9 Å². The number of carbonyl (C=O) groups is 4. The van der Waals surface area contributed by atoms with Crippen molar-refractivity contribution in [1.29, 1.82) is 0 Å². The Balaban J connectivity index is 1.26. The number of likely N-dealkylation sites (N-methyl/N-ethyl adjacent to an activating group) is 1. The summed E-state index contributed by atoms with van der Waals surface area (Å²) in [5.41, 5.74) is 9.39. The predicted octanol–water partition coefficient (Wildman–Crippen LogP) is 4.71. The first-order chi connectivity index (χ1) is 29.5. The highest BCUT2D eigenvalue weighted by Gasteiger charge is 2.41. The average molecular weight is 867 g/mol. The highest BCUT2D eigenvalue weighted by atomic mass is 32.2. The van der Waals surface area contributed by atoms with Gasteiger partial charge in [-0.05, 0) is 72.9 Å². The fourth-order valence-corrected chi connectivity index (χ4v) is 10.2. The van der Waals surface area contributed by atoms with Crippen LogP contribution in [0, 0.1) is 17.3 Å². The molecule has 2 aromatic carbocycles. The molecule has 3 aliphatic heterocycles. The second kappa shape index (κ2) is 18.1. The zero-order chi connectivity index (χ0) is 44.5. The number of fused-ring (bicyclic) bond motifs is 6. The van der Waals surface area contributed by atoms with Crippen LogP contribution in [0.15, 0.2) is 73.2 Å². The number of amides is 3. The maximum Gasteiger partial charge on any atom is 0.324 e. The van der Waals surface area contributed by atoms with Gasteiger partial charge in [-0.15, -0.1) is 0 Å². The second-order valence-corrected chi connectivity index (χ2v) is 19.7. The van der Waals surface area contributed by atoms with Crippen LogP contribution in [-0.4, -0.2) is 112 Å². The number of nitrogens with zero attached hydrogens (tertiary/aromatic N) is 6. The van der Waals surface area contributed by atoms with Crippen molar-refractivity contribution in [3.8, 4) is 22.4 Å². The molecule has 3 aliphatic rings. The standard InChI is InChI=1S/C46H58N8O7S/c1-8-53-39-16-15-32-22-35(39)36(41(53)34-24-47-28-48-25-34)23-46(5,6)27-61-45(58)37-14-11-18-54(50-37)44(57)38(21-30-12-10-13-31(32)20-30)49-42(55)40(29(3)4)51(7)43(56)33-17-19-52(26-33)62(59,60)9-2/h9-10,12-13,15-16,20,22,24-25,28-29,33,37-38,40,50H,2,8,11,14,17-19,21,23,26-27H2,1,3-7H3,(H,49,55)/t33-,37+,38+,40+/m1/s1. The molecule has 4 aromatic rings. The fraction of sp³-hybridized carbons (Fsp3) is 0.478. The van der Waals surface area contributed by atoms with Gasteiger partial charge < -0.3 is 19.5 Å². The van der Waals surface area contributed by atoms with Gasteiger partial charge in [-0.1, -0.05) is 64.6 Å². The Morgan fingerprint density at radius 1 is 1.06 bits per heavy atom. The lowest BCUT2D eigenvalue weighted by atomic mass is 9.84. The Morgan fingerprint density at radius 3 is 2.52 bits per heavy atom. The number of carbonyl (C=O) groups excluding carboxylic acids is 4. The van der Waals surface area contributed by atoms with E-state index in [1.807, 2.05) is 50.5 Å². The Bertz CT molecular complexity index is 2470. The van der Waals surface area contributed by atoms with E-state index in [0.717, 1.165) is 49.8 Å². The van der Waals surface area contributed by atoms with Crippen molar-refractivity contribution in [3.63, 3.8) is 0 Å². The minimum atomic E-state index is -3.70. The van der Waals surface area contributed by atoms with Crippen LogP contribution < -0.4 is 10.7 Å². The van der Waals surface area contributed by atoms with E-state index < -0.39 is 57.3 Å². The predicted molar refractivity (Wildman–Crippen MR) is 236 cm³/mol. The molecule has 0 aliphatic carbocycles. The summed E-state index contributed by atoms with van der Waals surface area (Å²) in [4.78, 5) is 66.7. The van der Waals surface area contributed by atoms with Crippen LogP contribution in [0.3, 0.4) is 0 Å². The molecule has 2 N–H and O–H groups in total. The highest BCUT2D eigenvalue weighted by Crippen LogP contribution is 2.40. The molecule has 0 spiro atoms. The molecular formula is C46H58N8O7S. The van der Waals surface area contributed by atoms with Gasteiger partial charge in [-0.25, -0.2) is 23.8 Å². The fourth-order valence-electron chi connectivity index (χ4n) is 9.25. The Hall–Kier alpha value is -5.45. The van der Waals surface area contributed by atoms with Gasteiger partial charge >= 0.3 is 5.97 Å². The number of aryl methyl sites for hydroxylation is 1. The Morgan fingerprint density at radius 2 is 1.81 bits per heavy atom. The number of nitrogens with one attached hydrogen (secondary N) is 2. The molecule has 6 bridgehead atoms. The molecule has 2 saturated heterocycles. The van der Waals surface area contributed by atoms with Crippen LogP contribution in [0.4, 0.5) is 0 Å². The normalized spacial score (nSPS) is 21.6. The molecule has 0 unspecified atom stereocenters. The van der Waals surface area contributed by atoms with Crippen molar-refractivity contribution >= 4 is 44.6 Å². The number of hydrogen-bond acceptors (Lipinski definition) is 10. The van der Waals surface area contributed by atoms with E-state index >= 15 is 0 Å². The summed E-state index contributed by atoms with van der Waals surface area (Å²) in [6.07, 6.45) is 7.18. The van der Waals surface area contributed by atoms with Crippen LogP contribution >= 0.6 is 0 Å². The van der Waals surface area contributed by atoms with E-state index in [2.05, 4.69) is 70.8 Å². The second-order valence-electron chi connectivity index (χ2n) is 17.9. The molecule has 16 heteroatoms. The van der Waals surface area contributed by atoms with Crippen LogP contribution in [0.25, 0.3) is 33.3 Å². The summed E-state index contributed by atoms with van der Waals surface area (Å²) in [7, 11) is -2.16. The van der Waals surface area contributed by atoms with Gasteiger partial charge in [-0.3, -0.25) is 24.2 Å². The van der Waals surface area contributed by atoms with Crippen molar-refractivity contribution in [2.24, 2.45) is 17.3 Å². The lowest BCUT2D eigenvalue weighted by Gasteiger charge is -2.37. The number of benzene rings is 2.